The highest BCUT2D eigenvalue weighted by Gasteiger charge is 2.18. The molecule has 5 heteroatoms. The summed E-state index contributed by atoms with van der Waals surface area (Å²) in [6.07, 6.45) is 3.53. The molecule has 4 nitrogen and oxygen atoms in total. The van der Waals surface area contributed by atoms with Gasteiger partial charge in [0.15, 0.2) is 0 Å². The van der Waals surface area contributed by atoms with Crippen LogP contribution < -0.4 is 0 Å². The van der Waals surface area contributed by atoms with Gasteiger partial charge in [0.1, 0.15) is 6.10 Å². The number of halogens is 1. The van der Waals surface area contributed by atoms with Gasteiger partial charge in [-0.1, -0.05) is 59.5 Å². The standard InChI is InChI=1S/C16H20IN3O/c1-3-19(2)11-12-21-16(14-7-5-4-6-8-14)15-9-10-18-20(15)13-17/h3-10,16H,1,11-13H2,2H3. The first-order valence-corrected chi connectivity index (χ1v) is 8.36. The number of nitrogens with zero attached hydrogens (tertiary/aromatic N) is 3. The highest BCUT2D eigenvalue weighted by Crippen LogP contribution is 2.26. The molecule has 21 heavy (non-hydrogen) atoms. The third-order valence-corrected chi connectivity index (χ3v) is 3.92. The van der Waals surface area contributed by atoms with Crippen LogP contribution in [0.3, 0.4) is 0 Å². The number of benzene rings is 1. The Kier molecular flexibility index (Phi) is 6.25. The normalized spacial score (nSPS) is 12.1. The van der Waals surface area contributed by atoms with Crippen LogP contribution in [0.5, 0.6) is 0 Å². The van der Waals surface area contributed by atoms with E-state index in [0.717, 1.165) is 22.4 Å². The van der Waals surface area contributed by atoms with Crippen molar-refractivity contribution in [3.8, 4) is 0 Å². The summed E-state index contributed by atoms with van der Waals surface area (Å²) < 4.78 is 8.91. The minimum Gasteiger partial charge on any atom is -0.379 e. The molecular weight excluding hydrogens is 377 g/mol. The van der Waals surface area contributed by atoms with Crippen LogP contribution in [0, 0.1) is 0 Å². The molecule has 1 aromatic heterocycles. The second-order valence-corrected chi connectivity index (χ2v) is 5.38. The number of aromatic nitrogens is 2. The fourth-order valence-corrected chi connectivity index (χ4v) is 2.62. The molecule has 0 amide bonds. The lowest BCUT2D eigenvalue weighted by Gasteiger charge is -2.21. The Labute approximate surface area is 139 Å². The largest absolute Gasteiger partial charge is 0.379 e. The van der Waals surface area contributed by atoms with Crippen LogP contribution in [-0.2, 0) is 9.29 Å². The number of ether oxygens (including phenoxy) is 1. The molecule has 1 heterocycles. The number of alkyl halides is 1. The highest BCUT2D eigenvalue weighted by atomic mass is 127. The Morgan fingerprint density at radius 2 is 2.14 bits per heavy atom. The predicted molar refractivity (Wildman–Crippen MR) is 93.3 cm³/mol. The molecule has 0 fully saturated rings. The highest BCUT2D eigenvalue weighted by molar-refractivity contribution is 14.1. The summed E-state index contributed by atoms with van der Waals surface area (Å²) in [4.78, 5) is 2.01. The van der Waals surface area contributed by atoms with Gasteiger partial charge in [0.25, 0.3) is 0 Å². The summed E-state index contributed by atoms with van der Waals surface area (Å²) in [6, 6.07) is 12.3. The van der Waals surface area contributed by atoms with Gasteiger partial charge in [-0.15, -0.1) is 0 Å². The molecule has 0 N–H and O–H groups in total. The minimum atomic E-state index is -0.0957. The van der Waals surface area contributed by atoms with Crippen molar-refractivity contribution >= 4 is 22.6 Å². The third kappa shape index (κ3) is 4.31. The topological polar surface area (TPSA) is 30.3 Å². The van der Waals surface area contributed by atoms with Crippen LogP contribution >= 0.6 is 22.6 Å². The molecule has 0 aliphatic rings. The number of hydrogen-bond donors (Lipinski definition) is 0. The monoisotopic (exact) mass is 397 g/mol. The van der Waals surface area contributed by atoms with Crippen molar-refractivity contribution in [2.45, 2.75) is 10.7 Å². The Morgan fingerprint density at radius 3 is 2.81 bits per heavy atom. The van der Waals surface area contributed by atoms with Crippen molar-refractivity contribution in [1.29, 1.82) is 0 Å². The SMILES string of the molecule is C=CN(C)CCOC(c1ccccc1)c1ccnn1CI. The van der Waals surface area contributed by atoms with E-state index < -0.39 is 0 Å². The number of rotatable bonds is 8. The van der Waals surface area contributed by atoms with Crippen LogP contribution in [0.4, 0.5) is 0 Å². The van der Waals surface area contributed by atoms with Gasteiger partial charge in [0, 0.05) is 19.8 Å². The summed E-state index contributed by atoms with van der Waals surface area (Å²) in [5.74, 6) is 0. The van der Waals surface area contributed by atoms with E-state index >= 15 is 0 Å². The lowest BCUT2D eigenvalue weighted by Crippen LogP contribution is -2.20. The van der Waals surface area contributed by atoms with Crippen molar-refractivity contribution < 1.29 is 4.74 Å². The molecule has 1 aromatic carbocycles. The predicted octanol–water partition coefficient (Wildman–Crippen LogP) is 3.46. The van der Waals surface area contributed by atoms with Crippen LogP contribution in [0.1, 0.15) is 17.4 Å². The van der Waals surface area contributed by atoms with Crippen LogP contribution in [0.2, 0.25) is 0 Å². The zero-order chi connectivity index (χ0) is 15.1. The molecule has 1 atom stereocenters. The summed E-state index contributed by atoms with van der Waals surface area (Å²) in [5.41, 5.74) is 2.22. The maximum atomic E-state index is 6.13. The zero-order valence-corrected chi connectivity index (χ0v) is 14.3. The van der Waals surface area contributed by atoms with Gasteiger partial charge in [0.05, 0.1) is 16.9 Å². The van der Waals surface area contributed by atoms with Gasteiger partial charge in [-0.3, -0.25) is 4.68 Å². The second kappa shape index (κ2) is 8.19. The second-order valence-electron chi connectivity index (χ2n) is 4.70. The van der Waals surface area contributed by atoms with E-state index in [0.29, 0.717) is 6.61 Å². The quantitative estimate of drug-likeness (QED) is 0.505. The molecule has 0 saturated heterocycles. The van der Waals surface area contributed by atoms with E-state index in [4.69, 9.17) is 4.74 Å². The van der Waals surface area contributed by atoms with Gasteiger partial charge in [-0.2, -0.15) is 5.10 Å². The van der Waals surface area contributed by atoms with E-state index in [1.54, 1.807) is 6.20 Å². The molecule has 2 rings (SSSR count). The molecule has 0 saturated carbocycles. The Hall–Kier alpha value is -1.34. The minimum absolute atomic E-state index is 0.0957. The molecule has 2 aromatic rings. The Morgan fingerprint density at radius 1 is 1.38 bits per heavy atom. The lowest BCUT2D eigenvalue weighted by atomic mass is 10.1. The van der Waals surface area contributed by atoms with Gasteiger partial charge in [0.2, 0.25) is 0 Å². The maximum absolute atomic E-state index is 6.13. The van der Waals surface area contributed by atoms with E-state index in [2.05, 4.69) is 46.4 Å². The molecule has 0 spiro atoms. The fourth-order valence-electron chi connectivity index (χ4n) is 2.05. The summed E-state index contributed by atoms with van der Waals surface area (Å²) in [5, 5.41) is 4.34. The van der Waals surface area contributed by atoms with Crippen molar-refractivity contribution in [3.63, 3.8) is 0 Å². The molecule has 0 radical (unpaired) electrons. The Bertz CT molecular complexity index is 556. The smallest absolute Gasteiger partial charge is 0.124 e. The average Bonchev–Trinajstić information content (AvgIpc) is 3.00. The summed E-state index contributed by atoms with van der Waals surface area (Å²) in [7, 11) is 1.99. The maximum Gasteiger partial charge on any atom is 0.124 e. The first kappa shape index (κ1) is 16.0. The van der Waals surface area contributed by atoms with Gasteiger partial charge in [-0.25, -0.2) is 0 Å². The van der Waals surface area contributed by atoms with Crippen LogP contribution in [0.15, 0.2) is 55.4 Å². The molecule has 1 unspecified atom stereocenters. The number of hydrogen-bond acceptors (Lipinski definition) is 3. The molecule has 112 valence electrons. The van der Waals surface area contributed by atoms with E-state index in [-0.39, 0.29) is 6.10 Å². The lowest BCUT2D eigenvalue weighted by molar-refractivity contribution is 0.0663. The fraction of sp³-hybridized carbons (Fsp3) is 0.312. The van der Waals surface area contributed by atoms with Gasteiger partial charge < -0.3 is 9.64 Å². The zero-order valence-electron chi connectivity index (χ0n) is 12.2. The summed E-state index contributed by atoms with van der Waals surface area (Å²) >= 11 is 2.31. The molecule has 0 aliphatic carbocycles. The number of likely N-dealkylation sites (N-methyl/N-ethyl adjacent to an activating group) is 1. The first-order valence-electron chi connectivity index (χ1n) is 6.83. The molecule has 0 bridgehead atoms. The van der Waals surface area contributed by atoms with Crippen LogP contribution in [-0.4, -0.2) is 34.9 Å². The Balaban J connectivity index is 2.17. The third-order valence-electron chi connectivity index (χ3n) is 3.27. The average molecular weight is 397 g/mol. The van der Waals surface area contributed by atoms with Crippen molar-refractivity contribution in [1.82, 2.24) is 14.7 Å². The molecular formula is C16H20IN3O. The van der Waals surface area contributed by atoms with E-state index in [1.807, 2.05) is 47.1 Å². The summed E-state index contributed by atoms with van der Waals surface area (Å²) in [6.45, 7) is 5.19. The van der Waals surface area contributed by atoms with Crippen molar-refractivity contribution in [2.24, 2.45) is 0 Å². The van der Waals surface area contributed by atoms with E-state index in [9.17, 15) is 0 Å². The van der Waals surface area contributed by atoms with Gasteiger partial charge in [-0.05, 0) is 17.8 Å². The first-order chi connectivity index (χ1) is 10.3. The van der Waals surface area contributed by atoms with Crippen LogP contribution in [0.25, 0.3) is 0 Å². The molecule has 0 aliphatic heterocycles. The van der Waals surface area contributed by atoms with Crippen molar-refractivity contribution in [3.05, 3.63) is 66.6 Å². The van der Waals surface area contributed by atoms with E-state index in [1.165, 1.54) is 0 Å². The van der Waals surface area contributed by atoms with Gasteiger partial charge >= 0.3 is 0 Å². The van der Waals surface area contributed by atoms with Crippen molar-refractivity contribution in [2.75, 3.05) is 20.2 Å².